The summed E-state index contributed by atoms with van der Waals surface area (Å²) in [7, 11) is 0. The maximum Gasteiger partial charge on any atom is 0.351 e. The minimum atomic E-state index is -0.620. The van der Waals surface area contributed by atoms with E-state index in [1.165, 1.54) is 4.57 Å². The topological polar surface area (TPSA) is 139 Å². The molecule has 0 aliphatic carbocycles. The smallest absolute Gasteiger partial charge is 0.351 e. The summed E-state index contributed by atoms with van der Waals surface area (Å²) >= 11 is 0. The number of hydrogen-bond donors (Lipinski definition) is 2. The average molecular weight is 266 g/mol. The van der Waals surface area contributed by atoms with Gasteiger partial charge in [0.1, 0.15) is 12.0 Å². The van der Waals surface area contributed by atoms with Gasteiger partial charge in [-0.3, -0.25) is 4.57 Å². The molecule has 1 fully saturated rings. The molecule has 0 saturated carbocycles. The molecular formula is C10H14N6O3. The lowest BCUT2D eigenvalue weighted by atomic mass is 10.1. The summed E-state index contributed by atoms with van der Waals surface area (Å²) in [6.45, 7) is 1.44. The predicted molar refractivity (Wildman–Crippen MR) is 66.2 cm³/mol. The maximum atomic E-state index is 11.8. The third-order valence-electron chi connectivity index (χ3n) is 3.07. The van der Waals surface area contributed by atoms with Crippen LogP contribution in [0.15, 0.2) is 16.1 Å². The van der Waals surface area contributed by atoms with Gasteiger partial charge in [0.2, 0.25) is 0 Å². The van der Waals surface area contributed by atoms with Gasteiger partial charge in [0.25, 0.3) is 0 Å². The molecule has 9 nitrogen and oxygen atoms in total. The first kappa shape index (κ1) is 13.3. The quantitative estimate of drug-likeness (QED) is 0.453. The Morgan fingerprint density at radius 3 is 3.16 bits per heavy atom. The number of rotatable bonds is 3. The molecule has 1 aromatic rings. The number of anilines is 1. The zero-order valence-corrected chi connectivity index (χ0v) is 10.3. The molecule has 1 aromatic heterocycles. The van der Waals surface area contributed by atoms with Gasteiger partial charge in [0.15, 0.2) is 0 Å². The molecule has 0 bridgehead atoms. The standard InChI is InChI=1S/C10H14N6O3/c1-5-3-16(10(18)13-9(5)11)8-2-6(14-15-12)7(4-17)19-8/h3,6-8,17H,2,4H2,1H3,(H2,11,13,18)/t6?,7-,8-/m1/s1. The van der Waals surface area contributed by atoms with E-state index in [4.69, 9.17) is 21.1 Å². The van der Waals surface area contributed by atoms with Gasteiger partial charge in [0, 0.05) is 23.1 Å². The molecule has 0 aromatic carbocycles. The molecule has 2 heterocycles. The number of aliphatic hydroxyl groups is 1. The van der Waals surface area contributed by atoms with E-state index in [1.807, 2.05) is 0 Å². The Morgan fingerprint density at radius 2 is 2.53 bits per heavy atom. The summed E-state index contributed by atoms with van der Waals surface area (Å²) in [5, 5.41) is 12.7. The fourth-order valence-electron chi connectivity index (χ4n) is 2.02. The Bertz CT molecular complexity index is 579. The number of ether oxygens (including phenoxy) is 1. The van der Waals surface area contributed by atoms with Gasteiger partial charge in [0.05, 0.1) is 18.8 Å². The average Bonchev–Trinajstić information content (AvgIpc) is 2.77. The first-order valence-corrected chi connectivity index (χ1v) is 5.72. The summed E-state index contributed by atoms with van der Waals surface area (Å²) in [5.74, 6) is 0.171. The monoisotopic (exact) mass is 266 g/mol. The molecule has 1 saturated heterocycles. The van der Waals surface area contributed by atoms with E-state index in [0.717, 1.165) is 0 Å². The van der Waals surface area contributed by atoms with E-state index in [0.29, 0.717) is 12.0 Å². The highest BCUT2D eigenvalue weighted by Gasteiger charge is 2.35. The fourth-order valence-corrected chi connectivity index (χ4v) is 2.02. The number of aliphatic hydroxyl groups excluding tert-OH is 1. The lowest BCUT2D eigenvalue weighted by Crippen LogP contribution is -2.28. The minimum absolute atomic E-state index is 0.171. The van der Waals surface area contributed by atoms with E-state index in [2.05, 4.69) is 15.0 Å². The van der Waals surface area contributed by atoms with Crippen LogP contribution in [0.2, 0.25) is 0 Å². The van der Waals surface area contributed by atoms with E-state index in [1.54, 1.807) is 13.1 Å². The van der Waals surface area contributed by atoms with Gasteiger partial charge in [-0.15, -0.1) is 0 Å². The molecule has 19 heavy (non-hydrogen) atoms. The molecule has 3 N–H and O–H groups in total. The summed E-state index contributed by atoms with van der Waals surface area (Å²) in [4.78, 5) is 18.2. The number of nitrogens with two attached hydrogens (primary N) is 1. The van der Waals surface area contributed by atoms with Crippen molar-refractivity contribution in [3.8, 4) is 0 Å². The van der Waals surface area contributed by atoms with Crippen LogP contribution in [0.4, 0.5) is 5.82 Å². The summed E-state index contributed by atoms with van der Waals surface area (Å²) in [6.07, 6.45) is 0.611. The minimum Gasteiger partial charge on any atom is -0.394 e. The molecule has 0 spiro atoms. The van der Waals surface area contributed by atoms with Crippen molar-refractivity contribution in [1.82, 2.24) is 9.55 Å². The van der Waals surface area contributed by atoms with Crippen molar-refractivity contribution in [1.29, 1.82) is 0 Å². The van der Waals surface area contributed by atoms with Gasteiger partial charge in [-0.25, -0.2) is 4.79 Å². The van der Waals surface area contributed by atoms with Crippen LogP contribution in [0.1, 0.15) is 18.2 Å². The number of nitrogen functional groups attached to an aromatic ring is 1. The van der Waals surface area contributed by atoms with Crippen LogP contribution in [-0.4, -0.2) is 33.4 Å². The largest absolute Gasteiger partial charge is 0.394 e. The van der Waals surface area contributed by atoms with Crippen molar-refractivity contribution < 1.29 is 9.84 Å². The van der Waals surface area contributed by atoms with Gasteiger partial charge in [-0.05, 0) is 12.5 Å². The number of aryl methyl sites for hydroxylation is 1. The van der Waals surface area contributed by atoms with Gasteiger partial charge >= 0.3 is 5.69 Å². The van der Waals surface area contributed by atoms with Crippen molar-refractivity contribution >= 4 is 5.82 Å². The van der Waals surface area contributed by atoms with Crippen LogP contribution in [-0.2, 0) is 4.74 Å². The summed E-state index contributed by atoms with van der Waals surface area (Å²) in [6, 6.07) is -0.509. The highest BCUT2D eigenvalue weighted by atomic mass is 16.5. The summed E-state index contributed by atoms with van der Waals surface area (Å²) < 4.78 is 6.80. The van der Waals surface area contributed by atoms with Crippen LogP contribution in [0, 0.1) is 6.92 Å². The highest BCUT2D eigenvalue weighted by molar-refractivity contribution is 5.35. The van der Waals surface area contributed by atoms with Crippen LogP contribution in [0.5, 0.6) is 0 Å². The zero-order valence-electron chi connectivity index (χ0n) is 10.3. The Labute approximate surface area is 108 Å². The molecule has 0 radical (unpaired) electrons. The van der Waals surface area contributed by atoms with Gasteiger partial charge in [-0.2, -0.15) is 4.98 Å². The molecule has 2 rings (SSSR count). The third kappa shape index (κ3) is 2.53. The number of azide groups is 1. The Balaban J connectivity index is 2.32. The maximum absolute atomic E-state index is 11.8. The highest BCUT2D eigenvalue weighted by Crippen LogP contribution is 2.30. The molecule has 102 valence electrons. The van der Waals surface area contributed by atoms with Crippen LogP contribution in [0.25, 0.3) is 10.4 Å². The normalized spacial score (nSPS) is 26.1. The van der Waals surface area contributed by atoms with E-state index in [-0.39, 0.29) is 12.4 Å². The molecule has 0 amide bonds. The van der Waals surface area contributed by atoms with E-state index < -0.39 is 24.1 Å². The first-order chi connectivity index (χ1) is 9.06. The lowest BCUT2D eigenvalue weighted by Gasteiger charge is -2.15. The molecule has 3 atom stereocenters. The fraction of sp³-hybridized carbons (Fsp3) is 0.600. The van der Waals surface area contributed by atoms with Crippen LogP contribution in [0.3, 0.4) is 0 Å². The van der Waals surface area contributed by atoms with Crippen molar-refractivity contribution in [2.45, 2.75) is 31.7 Å². The van der Waals surface area contributed by atoms with E-state index >= 15 is 0 Å². The lowest BCUT2D eigenvalue weighted by molar-refractivity contribution is -0.0270. The van der Waals surface area contributed by atoms with Gasteiger partial charge < -0.3 is 15.6 Å². The zero-order chi connectivity index (χ0) is 14.0. The first-order valence-electron chi connectivity index (χ1n) is 5.72. The molecule has 1 aliphatic rings. The van der Waals surface area contributed by atoms with Crippen molar-refractivity contribution in [2.75, 3.05) is 12.3 Å². The second kappa shape index (κ2) is 5.27. The number of nitrogens with zero attached hydrogens (tertiary/aromatic N) is 5. The van der Waals surface area contributed by atoms with Crippen molar-refractivity contribution in [3.63, 3.8) is 0 Å². The third-order valence-corrected chi connectivity index (χ3v) is 3.07. The number of hydrogen-bond acceptors (Lipinski definition) is 6. The van der Waals surface area contributed by atoms with E-state index in [9.17, 15) is 4.79 Å². The molecule has 1 aliphatic heterocycles. The SMILES string of the molecule is Cc1cn([C@H]2CC(N=[N+]=[N-])[C@@H](CO)O2)c(=O)nc1N. The predicted octanol–water partition coefficient (Wildman–Crippen LogP) is 0.0926. The second-order valence-electron chi connectivity index (χ2n) is 4.32. The Kier molecular flexibility index (Phi) is 3.70. The molecule has 1 unspecified atom stereocenters. The summed E-state index contributed by atoms with van der Waals surface area (Å²) in [5.41, 5.74) is 14.1. The molecular weight excluding hydrogens is 252 g/mol. The number of aromatic nitrogens is 2. The van der Waals surface area contributed by atoms with Crippen LogP contribution < -0.4 is 11.4 Å². The Hall–Kier alpha value is -2.09. The van der Waals surface area contributed by atoms with Crippen molar-refractivity contribution in [2.24, 2.45) is 5.11 Å². The van der Waals surface area contributed by atoms with Crippen LogP contribution >= 0.6 is 0 Å². The molecule has 9 heteroatoms. The van der Waals surface area contributed by atoms with Crippen molar-refractivity contribution in [3.05, 3.63) is 32.7 Å². The second-order valence-corrected chi connectivity index (χ2v) is 4.32. The van der Waals surface area contributed by atoms with Gasteiger partial charge in [-0.1, -0.05) is 5.11 Å². The Morgan fingerprint density at radius 1 is 1.79 bits per heavy atom.